The predicted octanol–water partition coefficient (Wildman–Crippen LogP) is 2.04. The van der Waals surface area contributed by atoms with E-state index in [1.54, 1.807) is 13.8 Å². The lowest BCUT2D eigenvalue weighted by Crippen LogP contribution is -2.09. The number of rotatable bonds is 7. The molecule has 0 aromatic heterocycles. The van der Waals surface area contributed by atoms with Crippen molar-refractivity contribution in [2.24, 2.45) is 5.92 Å². The number of carbonyl (C=O) groups is 1. The minimum Gasteiger partial charge on any atom is -0.481 e. The number of aliphatic carboxylic acids is 1. The highest BCUT2D eigenvalue weighted by Gasteiger charge is 2.09. The topological polar surface area (TPSA) is 57.5 Å². The second-order valence-corrected chi connectivity index (χ2v) is 3.73. The second kappa shape index (κ2) is 6.89. The first kappa shape index (κ1) is 12.4. The molecule has 2 atom stereocenters. The third kappa shape index (κ3) is 7.78. The molecule has 0 heterocycles. The zero-order valence-electron chi connectivity index (χ0n) is 8.49. The molecule has 2 N–H and O–H groups in total. The molecule has 0 fully saturated rings. The third-order valence-corrected chi connectivity index (χ3v) is 2.18. The summed E-state index contributed by atoms with van der Waals surface area (Å²) in [7, 11) is 0. The van der Waals surface area contributed by atoms with E-state index in [-0.39, 0.29) is 12.0 Å². The predicted molar refractivity (Wildman–Crippen MR) is 51.6 cm³/mol. The van der Waals surface area contributed by atoms with Gasteiger partial charge in [-0.1, -0.05) is 26.2 Å². The molecule has 0 saturated carbocycles. The lowest BCUT2D eigenvalue weighted by Gasteiger charge is -2.06. The summed E-state index contributed by atoms with van der Waals surface area (Å²) in [5, 5.41) is 17.5. The SMILES string of the molecule is CC(O)CCCCCC(C)C(=O)O. The van der Waals surface area contributed by atoms with Crippen molar-refractivity contribution in [2.75, 3.05) is 0 Å². The van der Waals surface area contributed by atoms with Gasteiger partial charge < -0.3 is 10.2 Å². The molecule has 0 aromatic rings. The molecular weight excluding hydrogens is 168 g/mol. The molecule has 3 nitrogen and oxygen atoms in total. The average Bonchev–Trinajstić information content (AvgIpc) is 2.02. The summed E-state index contributed by atoms with van der Waals surface area (Å²) in [6.45, 7) is 3.51. The fraction of sp³-hybridized carbons (Fsp3) is 0.900. The van der Waals surface area contributed by atoms with E-state index in [9.17, 15) is 4.79 Å². The van der Waals surface area contributed by atoms with Crippen LogP contribution in [0.2, 0.25) is 0 Å². The average molecular weight is 188 g/mol. The summed E-state index contributed by atoms with van der Waals surface area (Å²) >= 11 is 0. The summed E-state index contributed by atoms with van der Waals surface area (Å²) in [6.07, 6.45) is 4.29. The molecule has 0 aromatic carbocycles. The number of unbranched alkanes of at least 4 members (excludes halogenated alkanes) is 2. The fourth-order valence-corrected chi connectivity index (χ4v) is 1.19. The lowest BCUT2D eigenvalue weighted by atomic mass is 10.0. The van der Waals surface area contributed by atoms with Crippen LogP contribution in [0.25, 0.3) is 0 Å². The van der Waals surface area contributed by atoms with E-state index in [0.717, 1.165) is 32.1 Å². The number of aliphatic hydroxyl groups is 1. The number of carboxylic acids is 1. The third-order valence-electron chi connectivity index (χ3n) is 2.18. The minimum atomic E-state index is -0.712. The molecular formula is C10H20O3. The van der Waals surface area contributed by atoms with E-state index < -0.39 is 5.97 Å². The Bertz CT molecular complexity index is 143. The van der Waals surface area contributed by atoms with Crippen LogP contribution in [-0.4, -0.2) is 22.3 Å². The highest BCUT2D eigenvalue weighted by Crippen LogP contribution is 2.11. The maximum atomic E-state index is 10.4. The van der Waals surface area contributed by atoms with Crippen LogP contribution in [-0.2, 0) is 4.79 Å². The number of hydrogen-bond donors (Lipinski definition) is 2. The normalized spacial score (nSPS) is 15.3. The van der Waals surface area contributed by atoms with Crippen LogP contribution in [0.5, 0.6) is 0 Å². The second-order valence-electron chi connectivity index (χ2n) is 3.73. The lowest BCUT2D eigenvalue weighted by molar-refractivity contribution is -0.141. The van der Waals surface area contributed by atoms with Crippen LogP contribution in [0.15, 0.2) is 0 Å². The molecule has 0 aliphatic rings. The minimum absolute atomic E-state index is 0.225. The molecule has 0 aliphatic heterocycles. The maximum absolute atomic E-state index is 10.4. The van der Waals surface area contributed by atoms with Crippen molar-refractivity contribution < 1.29 is 15.0 Å². The highest BCUT2D eigenvalue weighted by molar-refractivity contribution is 5.69. The van der Waals surface area contributed by atoms with Crippen molar-refractivity contribution in [3.8, 4) is 0 Å². The molecule has 13 heavy (non-hydrogen) atoms. The molecule has 2 unspecified atom stereocenters. The van der Waals surface area contributed by atoms with Crippen molar-refractivity contribution in [3.05, 3.63) is 0 Å². The molecule has 0 spiro atoms. The smallest absolute Gasteiger partial charge is 0.306 e. The summed E-state index contributed by atoms with van der Waals surface area (Å²) in [5.41, 5.74) is 0. The Morgan fingerprint density at radius 2 is 1.69 bits per heavy atom. The van der Waals surface area contributed by atoms with E-state index in [1.807, 2.05) is 0 Å². The molecule has 0 bridgehead atoms. The summed E-state index contributed by atoms with van der Waals surface area (Å²) in [4.78, 5) is 10.4. The van der Waals surface area contributed by atoms with Gasteiger partial charge in [-0.3, -0.25) is 4.79 Å². The summed E-state index contributed by atoms with van der Waals surface area (Å²) in [6, 6.07) is 0. The van der Waals surface area contributed by atoms with Gasteiger partial charge in [-0.2, -0.15) is 0 Å². The number of carboxylic acid groups (broad SMARTS) is 1. The van der Waals surface area contributed by atoms with Crippen LogP contribution < -0.4 is 0 Å². The van der Waals surface area contributed by atoms with Crippen molar-refractivity contribution >= 4 is 5.97 Å². The Hall–Kier alpha value is -0.570. The van der Waals surface area contributed by atoms with Crippen LogP contribution >= 0.6 is 0 Å². The molecule has 0 rings (SSSR count). The fourth-order valence-electron chi connectivity index (χ4n) is 1.19. The van der Waals surface area contributed by atoms with Gasteiger partial charge >= 0.3 is 5.97 Å². The molecule has 0 amide bonds. The van der Waals surface area contributed by atoms with Crippen molar-refractivity contribution in [3.63, 3.8) is 0 Å². The molecule has 0 aliphatic carbocycles. The van der Waals surface area contributed by atoms with Gasteiger partial charge in [0.1, 0.15) is 0 Å². The van der Waals surface area contributed by atoms with E-state index >= 15 is 0 Å². The van der Waals surface area contributed by atoms with Crippen LogP contribution in [0, 0.1) is 5.92 Å². The Balaban J connectivity index is 3.21. The van der Waals surface area contributed by atoms with Gasteiger partial charge in [-0.15, -0.1) is 0 Å². The van der Waals surface area contributed by atoms with E-state index in [0.29, 0.717) is 0 Å². The zero-order valence-corrected chi connectivity index (χ0v) is 8.49. The zero-order chi connectivity index (χ0) is 10.3. The van der Waals surface area contributed by atoms with Crippen molar-refractivity contribution in [1.29, 1.82) is 0 Å². The Kier molecular flexibility index (Phi) is 6.59. The first-order valence-electron chi connectivity index (χ1n) is 4.95. The van der Waals surface area contributed by atoms with Gasteiger partial charge in [0, 0.05) is 0 Å². The standard InChI is InChI=1S/C10H20O3/c1-8(10(12)13)6-4-3-5-7-9(2)11/h8-9,11H,3-7H2,1-2H3,(H,12,13). The highest BCUT2D eigenvalue weighted by atomic mass is 16.4. The van der Waals surface area contributed by atoms with Gasteiger partial charge in [0.25, 0.3) is 0 Å². The Morgan fingerprint density at radius 3 is 2.15 bits per heavy atom. The van der Waals surface area contributed by atoms with E-state index in [2.05, 4.69) is 0 Å². The van der Waals surface area contributed by atoms with Crippen molar-refractivity contribution in [2.45, 2.75) is 52.1 Å². The molecule has 0 saturated heterocycles. The van der Waals surface area contributed by atoms with Gasteiger partial charge in [0.05, 0.1) is 12.0 Å². The molecule has 78 valence electrons. The maximum Gasteiger partial charge on any atom is 0.306 e. The first-order valence-corrected chi connectivity index (χ1v) is 4.95. The Labute approximate surface area is 79.8 Å². The van der Waals surface area contributed by atoms with Gasteiger partial charge in [-0.25, -0.2) is 0 Å². The molecule has 3 heteroatoms. The molecule has 0 radical (unpaired) electrons. The summed E-state index contributed by atoms with van der Waals surface area (Å²) < 4.78 is 0. The first-order chi connectivity index (χ1) is 6.04. The summed E-state index contributed by atoms with van der Waals surface area (Å²) in [5.74, 6) is -0.943. The van der Waals surface area contributed by atoms with Gasteiger partial charge in [-0.05, 0) is 19.8 Å². The number of hydrogen-bond acceptors (Lipinski definition) is 2. The van der Waals surface area contributed by atoms with E-state index in [4.69, 9.17) is 10.2 Å². The quantitative estimate of drug-likeness (QED) is 0.601. The van der Waals surface area contributed by atoms with Crippen LogP contribution in [0.3, 0.4) is 0 Å². The van der Waals surface area contributed by atoms with Crippen LogP contribution in [0.1, 0.15) is 46.0 Å². The monoisotopic (exact) mass is 188 g/mol. The van der Waals surface area contributed by atoms with Gasteiger partial charge in [0.15, 0.2) is 0 Å². The van der Waals surface area contributed by atoms with Crippen LogP contribution in [0.4, 0.5) is 0 Å². The van der Waals surface area contributed by atoms with Crippen molar-refractivity contribution in [1.82, 2.24) is 0 Å². The Morgan fingerprint density at radius 1 is 1.15 bits per heavy atom. The largest absolute Gasteiger partial charge is 0.481 e. The number of aliphatic hydroxyl groups excluding tert-OH is 1. The van der Waals surface area contributed by atoms with Gasteiger partial charge in [0.2, 0.25) is 0 Å². The van der Waals surface area contributed by atoms with E-state index in [1.165, 1.54) is 0 Å².